The van der Waals surface area contributed by atoms with E-state index in [1.165, 1.54) is 0 Å². The molecule has 0 bridgehead atoms. The van der Waals surface area contributed by atoms with E-state index in [9.17, 15) is 44.3 Å². The Hall–Kier alpha value is -4.47. The molecular formula is C29H36F9N5O8. The molecule has 0 saturated carbocycles. The number of nitrogens with zero attached hydrogens (tertiary/aromatic N) is 5. The summed E-state index contributed by atoms with van der Waals surface area (Å²) in [7, 11) is 1.68. The number of hydrogen-bond acceptors (Lipinski definition) is 8. The van der Waals surface area contributed by atoms with Gasteiger partial charge in [0.05, 0.1) is 29.7 Å². The second kappa shape index (κ2) is 18.1. The molecular weight excluding hydrogens is 717 g/mol. The maximum atomic E-state index is 13.6. The number of carboxylic acid groups (broad SMARTS) is 3. The minimum absolute atomic E-state index is 0.0994. The van der Waals surface area contributed by atoms with Crippen molar-refractivity contribution in [3.05, 3.63) is 47.8 Å². The molecule has 2 unspecified atom stereocenters. The first kappa shape index (κ1) is 44.6. The van der Waals surface area contributed by atoms with Gasteiger partial charge < -0.3 is 29.5 Å². The maximum absolute atomic E-state index is 13.6. The van der Waals surface area contributed by atoms with Gasteiger partial charge in [0, 0.05) is 63.7 Å². The van der Waals surface area contributed by atoms with Gasteiger partial charge in [-0.3, -0.25) is 14.7 Å². The Morgan fingerprint density at radius 1 is 0.961 bits per heavy atom. The van der Waals surface area contributed by atoms with Crippen LogP contribution in [-0.2, 0) is 30.5 Å². The largest absolute Gasteiger partial charge is 0.490 e. The molecule has 51 heavy (non-hydrogen) atoms. The number of aryl methyl sites for hydroxylation is 1. The predicted octanol–water partition coefficient (Wildman–Crippen LogP) is 4.53. The molecule has 2 saturated heterocycles. The van der Waals surface area contributed by atoms with Gasteiger partial charge in [0.2, 0.25) is 5.91 Å². The van der Waals surface area contributed by atoms with Gasteiger partial charge in [-0.05, 0) is 39.3 Å². The molecule has 2 aliphatic heterocycles. The number of alkyl halides is 9. The number of carbonyl (C=O) groups is 4. The summed E-state index contributed by atoms with van der Waals surface area (Å²) in [4.78, 5) is 54.1. The van der Waals surface area contributed by atoms with E-state index < -0.39 is 41.9 Å². The molecule has 4 rings (SSSR count). The lowest BCUT2D eigenvalue weighted by atomic mass is 9.75. The summed E-state index contributed by atoms with van der Waals surface area (Å²) in [5.74, 6) is -7.92. The van der Waals surface area contributed by atoms with Gasteiger partial charge in [0.25, 0.3) is 0 Å². The van der Waals surface area contributed by atoms with E-state index in [0.29, 0.717) is 19.2 Å². The van der Waals surface area contributed by atoms with Crippen molar-refractivity contribution in [3.8, 4) is 0 Å². The molecule has 0 radical (unpaired) electrons. The number of ether oxygens (including phenoxy) is 1. The van der Waals surface area contributed by atoms with E-state index in [1.807, 2.05) is 24.2 Å². The number of rotatable bonds is 7. The molecule has 1 amide bonds. The van der Waals surface area contributed by atoms with Gasteiger partial charge in [-0.15, -0.1) is 0 Å². The van der Waals surface area contributed by atoms with Gasteiger partial charge in [0.15, 0.2) is 0 Å². The maximum Gasteiger partial charge on any atom is 0.490 e. The quantitative estimate of drug-likeness (QED) is 0.339. The number of carbonyl (C=O) groups excluding carboxylic acids is 1. The molecule has 1 spiro atoms. The summed E-state index contributed by atoms with van der Waals surface area (Å²) in [6.07, 6.45) is -10.3. The number of pyridine rings is 1. The van der Waals surface area contributed by atoms with Crippen molar-refractivity contribution in [3.63, 3.8) is 0 Å². The highest BCUT2D eigenvalue weighted by Crippen LogP contribution is 2.49. The molecule has 288 valence electrons. The van der Waals surface area contributed by atoms with Crippen molar-refractivity contribution < 1.29 is 78.7 Å². The van der Waals surface area contributed by atoms with E-state index >= 15 is 0 Å². The summed E-state index contributed by atoms with van der Waals surface area (Å²) in [6.45, 7) is 10.7. The van der Waals surface area contributed by atoms with Gasteiger partial charge in [-0.2, -0.15) is 39.5 Å². The Balaban J connectivity index is 0.000000505. The predicted molar refractivity (Wildman–Crippen MR) is 156 cm³/mol. The Morgan fingerprint density at radius 3 is 1.88 bits per heavy atom. The Labute approximate surface area is 284 Å². The summed E-state index contributed by atoms with van der Waals surface area (Å²) < 4.78 is 103. The van der Waals surface area contributed by atoms with Gasteiger partial charge >= 0.3 is 36.4 Å². The van der Waals surface area contributed by atoms with Crippen LogP contribution in [0.4, 0.5) is 39.5 Å². The minimum Gasteiger partial charge on any atom is -0.475 e. The van der Waals surface area contributed by atoms with E-state index in [0.717, 1.165) is 49.7 Å². The number of carboxylic acids is 3. The van der Waals surface area contributed by atoms with Crippen LogP contribution >= 0.6 is 0 Å². The minimum atomic E-state index is -5.08. The van der Waals surface area contributed by atoms with E-state index in [2.05, 4.69) is 46.6 Å². The van der Waals surface area contributed by atoms with Crippen LogP contribution in [0, 0.1) is 12.3 Å². The number of methoxy groups -OCH3 is 1. The highest BCUT2D eigenvalue weighted by Gasteiger charge is 2.57. The SMILES string of the molecule is COCCN1CCC2(CN(Cc3cccc(C)n3)CC2c2cn(C(C)C)cn2)C1=O.O=C(O)C(F)(F)F.O=C(O)C(F)(F)F.O=C(O)C(F)(F)F. The number of aliphatic carboxylic acids is 3. The lowest BCUT2D eigenvalue weighted by Gasteiger charge is -2.28. The van der Waals surface area contributed by atoms with Crippen molar-refractivity contribution >= 4 is 23.8 Å². The third kappa shape index (κ3) is 13.6. The molecule has 13 nitrogen and oxygen atoms in total. The fourth-order valence-corrected chi connectivity index (χ4v) is 4.98. The van der Waals surface area contributed by atoms with Crippen molar-refractivity contribution in [1.29, 1.82) is 0 Å². The first-order chi connectivity index (χ1) is 23.3. The fraction of sp³-hybridized carbons (Fsp3) is 0.586. The standard InChI is InChI=1S/C23H33N5O2.3C2HF3O2/c1-17(2)28-14-21(24-16-28)20-13-26(12-19-7-5-6-18(3)25-19)15-23(20)8-9-27(22(23)29)10-11-30-4;3*3-2(4,5)1(6)7/h5-7,14,16-17,20H,8-13,15H2,1-4H3;3*(H,6,7). The van der Waals surface area contributed by atoms with Gasteiger partial charge in [0.1, 0.15) is 0 Å². The molecule has 22 heteroatoms. The first-order valence-electron chi connectivity index (χ1n) is 14.6. The highest BCUT2D eigenvalue weighted by atomic mass is 19.4. The van der Waals surface area contributed by atoms with Crippen molar-refractivity contribution in [2.24, 2.45) is 5.41 Å². The molecule has 2 atom stereocenters. The molecule has 2 aromatic rings. The van der Waals surface area contributed by atoms with Crippen LogP contribution in [0.2, 0.25) is 0 Å². The number of amides is 1. The summed E-state index contributed by atoms with van der Waals surface area (Å²) in [5, 5.41) is 21.4. The molecule has 2 fully saturated rings. The van der Waals surface area contributed by atoms with E-state index in [-0.39, 0.29) is 11.8 Å². The number of hydrogen-bond donors (Lipinski definition) is 3. The highest BCUT2D eigenvalue weighted by molar-refractivity contribution is 5.87. The van der Waals surface area contributed by atoms with Crippen molar-refractivity contribution in [2.75, 3.05) is 39.9 Å². The van der Waals surface area contributed by atoms with Crippen LogP contribution < -0.4 is 0 Å². The zero-order valence-corrected chi connectivity index (χ0v) is 27.5. The topological polar surface area (TPSA) is 175 Å². The van der Waals surface area contributed by atoms with Gasteiger partial charge in [-0.25, -0.2) is 19.4 Å². The third-order valence-electron chi connectivity index (χ3n) is 7.35. The van der Waals surface area contributed by atoms with Crippen molar-refractivity contribution in [2.45, 2.75) is 64.2 Å². The van der Waals surface area contributed by atoms with Crippen LogP contribution in [0.25, 0.3) is 0 Å². The molecule has 2 aromatic heterocycles. The van der Waals surface area contributed by atoms with Crippen LogP contribution in [-0.4, -0.2) is 122 Å². The molecule has 3 N–H and O–H groups in total. The van der Waals surface area contributed by atoms with Crippen molar-refractivity contribution in [1.82, 2.24) is 24.3 Å². The van der Waals surface area contributed by atoms with E-state index in [4.69, 9.17) is 39.4 Å². The van der Waals surface area contributed by atoms with E-state index in [1.54, 1.807) is 7.11 Å². The second-order valence-electron chi connectivity index (χ2n) is 11.4. The van der Waals surface area contributed by atoms with Gasteiger partial charge in [-0.1, -0.05) is 6.07 Å². The first-order valence-corrected chi connectivity index (χ1v) is 14.6. The lowest BCUT2D eigenvalue weighted by molar-refractivity contribution is -0.193. The summed E-state index contributed by atoms with van der Waals surface area (Å²) in [6, 6.07) is 6.50. The number of likely N-dealkylation sites (tertiary alicyclic amines) is 2. The average Bonchev–Trinajstić information content (AvgIpc) is 3.70. The van der Waals surface area contributed by atoms with Crippen LogP contribution in [0.15, 0.2) is 30.7 Å². The Bertz CT molecular complexity index is 1420. The van der Waals surface area contributed by atoms with Crippen LogP contribution in [0.5, 0.6) is 0 Å². The smallest absolute Gasteiger partial charge is 0.475 e. The molecule has 4 heterocycles. The zero-order chi connectivity index (χ0) is 39.5. The molecule has 0 aromatic carbocycles. The van der Waals surface area contributed by atoms with Crippen LogP contribution in [0.3, 0.4) is 0 Å². The number of aromatic nitrogens is 3. The lowest BCUT2D eigenvalue weighted by Crippen LogP contribution is -2.40. The second-order valence-corrected chi connectivity index (χ2v) is 11.4. The third-order valence-corrected chi connectivity index (χ3v) is 7.35. The Kier molecular flexibility index (Phi) is 15.9. The number of halogens is 9. The average molecular weight is 754 g/mol. The van der Waals surface area contributed by atoms with Crippen LogP contribution in [0.1, 0.15) is 49.3 Å². The Morgan fingerprint density at radius 2 is 1.47 bits per heavy atom. The monoisotopic (exact) mass is 753 g/mol. The zero-order valence-electron chi connectivity index (χ0n) is 27.5. The fourth-order valence-electron chi connectivity index (χ4n) is 4.98. The summed E-state index contributed by atoms with van der Waals surface area (Å²) >= 11 is 0. The molecule has 2 aliphatic rings. The normalized spacial score (nSPS) is 19.1. The summed E-state index contributed by atoms with van der Waals surface area (Å²) in [5.41, 5.74) is 2.70. The number of imidazole rings is 1. The molecule has 0 aliphatic carbocycles.